The number of aryl methyl sites for hydroxylation is 1. The quantitative estimate of drug-likeness (QED) is 0.802. The van der Waals surface area contributed by atoms with Crippen LogP contribution in [0.3, 0.4) is 0 Å². The van der Waals surface area contributed by atoms with E-state index in [9.17, 15) is 4.79 Å². The maximum Gasteiger partial charge on any atom is 0.263 e. The molecule has 16 heavy (non-hydrogen) atoms. The third-order valence-corrected chi connectivity index (χ3v) is 3.27. The molecule has 1 amide bonds. The van der Waals surface area contributed by atoms with Gasteiger partial charge in [-0.1, -0.05) is 26.1 Å². The van der Waals surface area contributed by atoms with Crippen molar-refractivity contribution >= 4 is 34.5 Å². The van der Waals surface area contributed by atoms with Gasteiger partial charge in [0.1, 0.15) is 4.88 Å². The summed E-state index contributed by atoms with van der Waals surface area (Å²) in [5, 5.41) is 3.67. The van der Waals surface area contributed by atoms with Gasteiger partial charge >= 0.3 is 0 Å². The molecule has 0 spiro atoms. The molecule has 1 heterocycles. The number of thiazole rings is 1. The van der Waals surface area contributed by atoms with E-state index in [0.717, 1.165) is 5.01 Å². The molecule has 1 atom stereocenters. The van der Waals surface area contributed by atoms with Crippen molar-refractivity contribution in [1.82, 2.24) is 10.3 Å². The summed E-state index contributed by atoms with van der Waals surface area (Å²) in [4.78, 5) is 16.7. The van der Waals surface area contributed by atoms with Crippen LogP contribution >= 0.6 is 23.6 Å². The van der Waals surface area contributed by atoms with E-state index in [1.807, 2.05) is 20.8 Å². The summed E-state index contributed by atoms with van der Waals surface area (Å²) in [5.74, 6) is 0.00701. The Morgan fingerprint density at radius 3 is 2.62 bits per heavy atom. The number of thiocarbonyl (C=S) groups is 1. The minimum absolute atomic E-state index is 0.169. The molecular formula is C10H15N3OS2. The summed E-state index contributed by atoms with van der Waals surface area (Å²) in [6, 6.07) is -0.273. The number of nitrogens with one attached hydrogen (secondary N) is 1. The van der Waals surface area contributed by atoms with Gasteiger partial charge < -0.3 is 11.1 Å². The summed E-state index contributed by atoms with van der Waals surface area (Å²) < 4.78 is 0. The zero-order valence-electron chi connectivity index (χ0n) is 9.48. The Kier molecular flexibility index (Phi) is 4.37. The monoisotopic (exact) mass is 257 g/mol. The van der Waals surface area contributed by atoms with E-state index in [4.69, 9.17) is 18.0 Å². The van der Waals surface area contributed by atoms with Crippen LogP contribution in [0.15, 0.2) is 6.20 Å². The van der Waals surface area contributed by atoms with Gasteiger partial charge in [-0.2, -0.15) is 0 Å². The zero-order chi connectivity index (χ0) is 12.3. The number of rotatable bonds is 4. The Morgan fingerprint density at radius 1 is 1.62 bits per heavy atom. The van der Waals surface area contributed by atoms with Crippen LogP contribution in [-0.2, 0) is 0 Å². The van der Waals surface area contributed by atoms with Gasteiger partial charge in [-0.05, 0) is 12.8 Å². The van der Waals surface area contributed by atoms with E-state index in [1.165, 1.54) is 11.3 Å². The minimum atomic E-state index is -0.273. The fourth-order valence-electron chi connectivity index (χ4n) is 1.25. The maximum absolute atomic E-state index is 11.8. The lowest BCUT2D eigenvalue weighted by molar-refractivity contribution is 0.0944. The lowest BCUT2D eigenvalue weighted by Gasteiger charge is -2.20. The molecule has 6 heteroatoms. The van der Waals surface area contributed by atoms with E-state index in [0.29, 0.717) is 9.87 Å². The van der Waals surface area contributed by atoms with Crippen molar-refractivity contribution < 1.29 is 4.79 Å². The lowest BCUT2D eigenvalue weighted by atomic mass is 10.0. The van der Waals surface area contributed by atoms with Crippen LogP contribution in [0.1, 0.15) is 28.5 Å². The van der Waals surface area contributed by atoms with Crippen LogP contribution < -0.4 is 11.1 Å². The van der Waals surface area contributed by atoms with Crippen molar-refractivity contribution in [2.45, 2.75) is 26.8 Å². The van der Waals surface area contributed by atoms with Gasteiger partial charge in [0.05, 0.1) is 22.2 Å². The van der Waals surface area contributed by atoms with Gasteiger partial charge in [0, 0.05) is 0 Å². The molecule has 0 aliphatic carbocycles. The van der Waals surface area contributed by atoms with E-state index >= 15 is 0 Å². The van der Waals surface area contributed by atoms with Crippen molar-refractivity contribution in [3.05, 3.63) is 16.1 Å². The molecule has 0 radical (unpaired) electrons. The van der Waals surface area contributed by atoms with E-state index < -0.39 is 0 Å². The third kappa shape index (κ3) is 3.24. The maximum atomic E-state index is 11.8. The molecule has 1 aromatic rings. The highest BCUT2D eigenvalue weighted by molar-refractivity contribution is 7.80. The van der Waals surface area contributed by atoms with Gasteiger partial charge in [-0.3, -0.25) is 4.79 Å². The number of hydrogen-bond acceptors (Lipinski definition) is 4. The number of nitrogens with zero attached hydrogens (tertiary/aromatic N) is 1. The normalized spacial score (nSPS) is 12.5. The highest BCUT2D eigenvalue weighted by Crippen LogP contribution is 2.12. The average molecular weight is 257 g/mol. The fraction of sp³-hybridized carbons (Fsp3) is 0.500. The summed E-state index contributed by atoms with van der Waals surface area (Å²) in [6.07, 6.45) is 1.56. The summed E-state index contributed by atoms with van der Waals surface area (Å²) in [7, 11) is 0. The topological polar surface area (TPSA) is 68.0 Å². The molecule has 0 aliphatic heterocycles. The summed E-state index contributed by atoms with van der Waals surface area (Å²) in [6.45, 7) is 5.78. The summed E-state index contributed by atoms with van der Waals surface area (Å²) in [5.41, 5.74) is 5.57. The molecule has 0 saturated heterocycles. The first-order valence-electron chi connectivity index (χ1n) is 4.94. The standard InChI is InChI=1S/C10H15N3OS2/c1-5(2)8(9(11)15)13-10(14)7-4-12-6(3)16-7/h4-5,8H,1-3H3,(H2,11,15)(H,13,14). The molecule has 1 rings (SSSR count). The molecule has 0 fully saturated rings. The Morgan fingerprint density at radius 2 is 2.25 bits per heavy atom. The van der Waals surface area contributed by atoms with Crippen LogP contribution in [-0.4, -0.2) is 21.9 Å². The predicted molar refractivity (Wildman–Crippen MR) is 69.7 cm³/mol. The number of hydrogen-bond donors (Lipinski definition) is 2. The van der Waals surface area contributed by atoms with Crippen LogP contribution in [0.4, 0.5) is 0 Å². The molecule has 4 nitrogen and oxygen atoms in total. The Hall–Kier alpha value is -1.01. The largest absolute Gasteiger partial charge is 0.392 e. The van der Waals surface area contributed by atoms with Gasteiger partial charge in [0.25, 0.3) is 5.91 Å². The molecule has 88 valence electrons. The van der Waals surface area contributed by atoms with Gasteiger partial charge in [-0.15, -0.1) is 11.3 Å². The molecular weight excluding hydrogens is 242 g/mol. The van der Waals surface area contributed by atoms with Crippen molar-refractivity contribution in [2.24, 2.45) is 11.7 Å². The SMILES string of the molecule is Cc1ncc(C(=O)NC(C(N)=S)C(C)C)s1. The van der Waals surface area contributed by atoms with E-state index in [-0.39, 0.29) is 17.9 Å². The van der Waals surface area contributed by atoms with Gasteiger partial charge in [0.2, 0.25) is 0 Å². The molecule has 0 bridgehead atoms. The number of carbonyl (C=O) groups excluding carboxylic acids is 1. The average Bonchev–Trinajstić information content (AvgIpc) is 2.59. The molecule has 0 aliphatic rings. The number of carbonyl (C=O) groups is 1. The summed E-state index contributed by atoms with van der Waals surface area (Å²) >= 11 is 6.27. The zero-order valence-corrected chi connectivity index (χ0v) is 11.1. The van der Waals surface area contributed by atoms with Crippen molar-refractivity contribution in [3.63, 3.8) is 0 Å². The van der Waals surface area contributed by atoms with Gasteiger partial charge in [-0.25, -0.2) is 4.98 Å². The Balaban J connectivity index is 2.73. The van der Waals surface area contributed by atoms with Crippen molar-refractivity contribution in [1.29, 1.82) is 0 Å². The fourth-order valence-corrected chi connectivity index (χ4v) is 2.26. The molecule has 3 N–H and O–H groups in total. The predicted octanol–water partition coefficient (Wildman–Crippen LogP) is 1.49. The molecule has 1 unspecified atom stereocenters. The molecule has 0 aromatic carbocycles. The smallest absolute Gasteiger partial charge is 0.263 e. The minimum Gasteiger partial charge on any atom is -0.392 e. The highest BCUT2D eigenvalue weighted by atomic mass is 32.1. The number of aromatic nitrogens is 1. The second kappa shape index (κ2) is 5.36. The molecule has 0 saturated carbocycles. The highest BCUT2D eigenvalue weighted by Gasteiger charge is 2.20. The first-order chi connectivity index (χ1) is 7.41. The van der Waals surface area contributed by atoms with Crippen LogP contribution in [0.2, 0.25) is 0 Å². The van der Waals surface area contributed by atoms with E-state index in [1.54, 1.807) is 6.20 Å². The number of nitrogens with two attached hydrogens (primary N) is 1. The number of amides is 1. The third-order valence-electron chi connectivity index (χ3n) is 2.10. The van der Waals surface area contributed by atoms with Crippen LogP contribution in [0.5, 0.6) is 0 Å². The lowest BCUT2D eigenvalue weighted by Crippen LogP contribution is -2.46. The Labute approximate surface area is 104 Å². The Bertz CT molecular complexity index is 401. The van der Waals surface area contributed by atoms with Crippen molar-refractivity contribution in [2.75, 3.05) is 0 Å². The first kappa shape index (κ1) is 13.1. The van der Waals surface area contributed by atoms with Gasteiger partial charge in [0.15, 0.2) is 0 Å². The van der Waals surface area contributed by atoms with E-state index in [2.05, 4.69) is 10.3 Å². The second-order valence-corrected chi connectivity index (χ2v) is 5.55. The first-order valence-corrected chi connectivity index (χ1v) is 6.17. The van der Waals surface area contributed by atoms with Crippen LogP contribution in [0.25, 0.3) is 0 Å². The second-order valence-electron chi connectivity index (χ2n) is 3.84. The van der Waals surface area contributed by atoms with Crippen LogP contribution in [0, 0.1) is 12.8 Å². The van der Waals surface area contributed by atoms with Crippen molar-refractivity contribution in [3.8, 4) is 0 Å². The molecule has 1 aromatic heterocycles.